The molecule has 0 fully saturated rings. The maximum atomic E-state index is 4.00. The predicted molar refractivity (Wildman–Crippen MR) is 64.3 cm³/mol. The first-order valence-electron chi connectivity index (χ1n) is 5.17. The van der Waals surface area contributed by atoms with Crippen LogP contribution >= 0.6 is 0 Å². The molecule has 2 radical (unpaired) electrons. The van der Waals surface area contributed by atoms with E-state index in [0.29, 0.717) is 0 Å². The van der Waals surface area contributed by atoms with Gasteiger partial charge in [-0.3, -0.25) is 0 Å². The van der Waals surface area contributed by atoms with Crippen molar-refractivity contribution in [2.24, 2.45) is 0 Å². The van der Waals surface area contributed by atoms with Crippen molar-refractivity contribution in [3.05, 3.63) is 84.6 Å². The fourth-order valence-corrected chi connectivity index (χ4v) is 1.73. The first kappa shape index (κ1) is 9.97. The van der Waals surface area contributed by atoms with Crippen LogP contribution in [0.5, 0.6) is 0 Å². The molecule has 0 bridgehead atoms. The summed E-state index contributed by atoms with van der Waals surface area (Å²) in [5.74, 6) is 1.30. The normalized spacial score (nSPS) is 10.5. The van der Waals surface area contributed by atoms with E-state index in [2.05, 4.69) is 55.5 Å². The summed E-state index contributed by atoms with van der Waals surface area (Å²) in [6.45, 7) is 4.00. The maximum absolute atomic E-state index is 4.00. The van der Waals surface area contributed by atoms with Crippen LogP contribution in [0.25, 0.3) is 0 Å². The summed E-state index contributed by atoms with van der Waals surface area (Å²) in [4.78, 5) is 0. The highest BCUT2D eigenvalue weighted by Crippen LogP contribution is 2.25. The molecule has 0 amide bonds. The van der Waals surface area contributed by atoms with Crippen LogP contribution in [0.2, 0.25) is 0 Å². The Hall–Kier alpha value is -1.56. The topological polar surface area (TPSA) is 0 Å². The van der Waals surface area contributed by atoms with Crippen LogP contribution in [0, 0.1) is 12.8 Å². The molecule has 0 spiro atoms. The van der Waals surface area contributed by atoms with Gasteiger partial charge in [-0.15, -0.1) is 0 Å². The minimum atomic E-state index is 0.814. The van der Waals surface area contributed by atoms with Crippen molar-refractivity contribution in [1.82, 2.24) is 0 Å². The molecule has 0 nitrogen and oxygen atoms in total. The Balaban J connectivity index is 2.34. The smallest absolute Gasteiger partial charge is 0.0340 e. The van der Waals surface area contributed by atoms with Crippen LogP contribution in [0.15, 0.2) is 60.7 Å². The van der Waals surface area contributed by atoms with Gasteiger partial charge < -0.3 is 0 Å². The molecule has 0 unspecified atom stereocenters. The van der Waals surface area contributed by atoms with Gasteiger partial charge in [-0.25, -0.2) is 0 Å². The van der Waals surface area contributed by atoms with Crippen LogP contribution < -0.4 is 0 Å². The van der Waals surface area contributed by atoms with Gasteiger partial charge in [0.1, 0.15) is 0 Å². The van der Waals surface area contributed by atoms with Gasteiger partial charge in [-0.2, -0.15) is 0 Å². The highest BCUT2D eigenvalue weighted by Gasteiger charge is 2.11. The van der Waals surface area contributed by atoms with E-state index in [9.17, 15) is 0 Å². The average molecular weight is 194 g/mol. The fraction of sp³-hybridized carbons (Fsp3) is 0.0667. The Kier molecular flexibility index (Phi) is 3.18. The molecular formula is C15H14. The van der Waals surface area contributed by atoms with Crippen molar-refractivity contribution in [3.8, 4) is 0 Å². The van der Waals surface area contributed by atoms with Crippen molar-refractivity contribution in [2.75, 3.05) is 0 Å². The molecule has 15 heavy (non-hydrogen) atoms. The summed E-state index contributed by atoms with van der Waals surface area (Å²) in [7, 11) is 0. The Morgan fingerprint density at radius 2 is 1.13 bits per heavy atom. The van der Waals surface area contributed by atoms with Gasteiger partial charge in [0.15, 0.2) is 0 Å². The molecule has 0 saturated heterocycles. The summed E-state index contributed by atoms with van der Waals surface area (Å²) < 4.78 is 0. The summed E-state index contributed by atoms with van der Waals surface area (Å²) in [6.07, 6.45) is 0.814. The van der Waals surface area contributed by atoms with E-state index < -0.39 is 0 Å². The zero-order chi connectivity index (χ0) is 10.5. The van der Waals surface area contributed by atoms with E-state index in [1.807, 2.05) is 12.1 Å². The van der Waals surface area contributed by atoms with Crippen molar-refractivity contribution in [2.45, 2.75) is 6.42 Å². The van der Waals surface area contributed by atoms with Gasteiger partial charge >= 0.3 is 0 Å². The van der Waals surface area contributed by atoms with Crippen LogP contribution in [0.4, 0.5) is 0 Å². The minimum absolute atomic E-state index is 0.814. The van der Waals surface area contributed by atoms with Crippen molar-refractivity contribution in [1.29, 1.82) is 0 Å². The van der Waals surface area contributed by atoms with E-state index in [-0.39, 0.29) is 0 Å². The third kappa shape index (κ3) is 2.27. The fourth-order valence-electron chi connectivity index (χ4n) is 1.73. The number of rotatable bonds is 3. The van der Waals surface area contributed by atoms with Crippen molar-refractivity contribution < 1.29 is 0 Å². The molecule has 2 aromatic carbocycles. The monoisotopic (exact) mass is 194 g/mol. The minimum Gasteiger partial charge on any atom is -0.0622 e. The number of benzene rings is 2. The molecule has 0 heterocycles. The van der Waals surface area contributed by atoms with E-state index in [0.717, 1.165) is 6.42 Å². The second-order valence-electron chi connectivity index (χ2n) is 3.46. The highest BCUT2D eigenvalue weighted by molar-refractivity contribution is 5.45. The number of hydrogen-bond acceptors (Lipinski definition) is 0. The predicted octanol–water partition coefficient (Wildman–Crippen LogP) is 3.88. The molecule has 0 aliphatic heterocycles. The van der Waals surface area contributed by atoms with E-state index in [1.165, 1.54) is 17.0 Å². The zero-order valence-corrected chi connectivity index (χ0v) is 8.69. The standard InChI is InChI=1S/C15H14/c1-2-15(13-9-5-3-6-10-13)14-11-7-4-8-12-14/h3-12H,1-2H2. The molecule has 0 atom stereocenters. The lowest BCUT2D eigenvalue weighted by Gasteiger charge is -2.14. The summed E-state index contributed by atoms with van der Waals surface area (Å²) in [6, 6.07) is 20.9. The lowest BCUT2D eigenvalue weighted by Crippen LogP contribution is -1.99. The average Bonchev–Trinajstić information content (AvgIpc) is 2.33. The van der Waals surface area contributed by atoms with Gasteiger partial charge in [0.25, 0.3) is 0 Å². The lowest BCUT2D eigenvalue weighted by molar-refractivity contribution is 1.07. The molecule has 0 aliphatic carbocycles. The largest absolute Gasteiger partial charge is 0.0622 e. The van der Waals surface area contributed by atoms with Gasteiger partial charge in [0.05, 0.1) is 0 Å². The lowest BCUT2D eigenvalue weighted by atomic mass is 9.89. The Morgan fingerprint density at radius 1 is 0.733 bits per heavy atom. The summed E-state index contributed by atoms with van der Waals surface area (Å²) in [5.41, 5.74) is 2.53. The van der Waals surface area contributed by atoms with Crippen LogP contribution in [-0.4, -0.2) is 0 Å². The van der Waals surface area contributed by atoms with Gasteiger partial charge in [0, 0.05) is 5.92 Å². The Bertz CT molecular complexity index is 349. The van der Waals surface area contributed by atoms with Crippen LogP contribution in [0.1, 0.15) is 17.5 Å². The van der Waals surface area contributed by atoms with E-state index in [1.54, 1.807) is 0 Å². The second-order valence-corrected chi connectivity index (χ2v) is 3.46. The molecule has 2 rings (SSSR count). The Labute approximate surface area is 91.6 Å². The number of hydrogen-bond donors (Lipinski definition) is 0. The van der Waals surface area contributed by atoms with E-state index >= 15 is 0 Å². The molecule has 0 saturated carbocycles. The zero-order valence-electron chi connectivity index (χ0n) is 8.69. The SMILES string of the molecule is [CH2]C[C](c1ccccc1)c1ccccc1. The molecule has 0 N–H and O–H groups in total. The molecule has 2 aromatic rings. The Morgan fingerprint density at radius 3 is 1.47 bits per heavy atom. The third-order valence-electron chi connectivity index (χ3n) is 2.49. The van der Waals surface area contributed by atoms with Gasteiger partial charge in [-0.05, 0) is 17.5 Å². The van der Waals surface area contributed by atoms with Crippen molar-refractivity contribution >= 4 is 0 Å². The van der Waals surface area contributed by atoms with E-state index in [4.69, 9.17) is 0 Å². The third-order valence-corrected chi connectivity index (χ3v) is 2.49. The summed E-state index contributed by atoms with van der Waals surface area (Å²) >= 11 is 0. The quantitative estimate of drug-likeness (QED) is 0.695. The first-order valence-corrected chi connectivity index (χ1v) is 5.17. The van der Waals surface area contributed by atoms with Crippen LogP contribution in [-0.2, 0) is 0 Å². The second kappa shape index (κ2) is 4.79. The van der Waals surface area contributed by atoms with Gasteiger partial charge in [-0.1, -0.05) is 67.6 Å². The van der Waals surface area contributed by atoms with Gasteiger partial charge in [0.2, 0.25) is 0 Å². The highest BCUT2D eigenvalue weighted by atomic mass is 14.1. The summed E-state index contributed by atoms with van der Waals surface area (Å²) in [5, 5.41) is 0. The molecular weight excluding hydrogens is 180 g/mol. The molecule has 0 aliphatic rings. The first-order chi connectivity index (χ1) is 7.42. The maximum Gasteiger partial charge on any atom is 0.0340 e. The molecule has 74 valence electrons. The molecule has 0 heteroatoms. The molecule has 0 aromatic heterocycles. The van der Waals surface area contributed by atoms with Crippen LogP contribution in [0.3, 0.4) is 0 Å². The van der Waals surface area contributed by atoms with Crippen molar-refractivity contribution in [3.63, 3.8) is 0 Å².